The van der Waals surface area contributed by atoms with Crippen LogP contribution in [0.25, 0.3) is 0 Å². The second-order valence-electron chi connectivity index (χ2n) is 5.24. The minimum atomic E-state index is -0.195. The molecule has 0 N–H and O–H groups in total. The lowest BCUT2D eigenvalue weighted by molar-refractivity contribution is 0.0700. The van der Waals surface area contributed by atoms with Crippen LogP contribution in [0.3, 0.4) is 0 Å². The molecule has 23 heavy (non-hydrogen) atoms. The van der Waals surface area contributed by atoms with E-state index in [1.165, 1.54) is 6.20 Å². The van der Waals surface area contributed by atoms with Crippen LogP contribution in [-0.4, -0.2) is 47.3 Å². The van der Waals surface area contributed by atoms with Gasteiger partial charge in [-0.15, -0.1) is 0 Å². The highest BCUT2D eigenvalue weighted by Crippen LogP contribution is 2.18. The highest BCUT2D eigenvalue weighted by atomic mass is 35.5. The fraction of sp³-hybridized carbons (Fsp3) is 0.400. The molecule has 0 unspecified atom stereocenters. The van der Waals surface area contributed by atoms with E-state index in [1.807, 2.05) is 0 Å². The Kier molecular flexibility index (Phi) is 4.78. The number of carbonyl (C=O) groups is 1. The number of likely N-dealkylation sites (N-methyl/N-ethyl adjacent to an activating group) is 1. The van der Waals surface area contributed by atoms with Gasteiger partial charge >= 0.3 is 0 Å². The molecule has 1 aliphatic rings. The molecule has 3 rings (SSSR count). The third-order valence-corrected chi connectivity index (χ3v) is 3.82. The zero-order chi connectivity index (χ0) is 16.2. The second kappa shape index (κ2) is 6.97. The summed E-state index contributed by atoms with van der Waals surface area (Å²) in [7, 11) is 1.74. The largest absolute Gasteiger partial charge is 0.484 e. The van der Waals surface area contributed by atoms with Gasteiger partial charge in [0.25, 0.3) is 5.91 Å². The van der Waals surface area contributed by atoms with Crippen molar-refractivity contribution >= 4 is 17.5 Å². The predicted molar refractivity (Wildman–Crippen MR) is 81.4 cm³/mol. The van der Waals surface area contributed by atoms with Crippen molar-refractivity contribution in [3.8, 4) is 5.75 Å². The topological polar surface area (TPSA) is 77.7 Å². The monoisotopic (exact) mass is 337 g/mol. The standard InChI is InChI=1S/C15H16ClN3O4/c1-19(11-2-3-21-8-11)15(20)14-5-13(23-18-14)9-22-12-4-10(16)6-17-7-12/h4-7,11H,2-3,8-9H2,1H3/t11-/m0/s1. The average molecular weight is 338 g/mol. The normalized spacial score (nSPS) is 17.2. The highest BCUT2D eigenvalue weighted by Gasteiger charge is 2.26. The quantitative estimate of drug-likeness (QED) is 0.832. The van der Waals surface area contributed by atoms with Crippen molar-refractivity contribution in [3.63, 3.8) is 0 Å². The smallest absolute Gasteiger partial charge is 0.276 e. The van der Waals surface area contributed by atoms with Crippen LogP contribution in [0, 0.1) is 0 Å². The molecule has 0 radical (unpaired) electrons. The zero-order valence-electron chi connectivity index (χ0n) is 12.6. The van der Waals surface area contributed by atoms with Gasteiger partial charge in [0.2, 0.25) is 0 Å². The first-order valence-electron chi connectivity index (χ1n) is 7.17. The molecule has 1 fully saturated rings. The summed E-state index contributed by atoms with van der Waals surface area (Å²) >= 11 is 5.83. The molecular formula is C15H16ClN3O4. The van der Waals surface area contributed by atoms with Crippen molar-refractivity contribution in [2.45, 2.75) is 19.1 Å². The number of aromatic nitrogens is 2. The van der Waals surface area contributed by atoms with Gasteiger partial charge in [0.15, 0.2) is 11.5 Å². The van der Waals surface area contributed by atoms with E-state index in [2.05, 4.69) is 10.1 Å². The molecule has 122 valence electrons. The van der Waals surface area contributed by atoms with Crippen molar-refractivity contribution in [3.05, 3.63) is 41.0 Å². The van der Waals surface area contributed by atoms with E-state index in [0.29, 0.717) is 29.7 Å². The molecule has 1 amide bonds. The van der Waals surface area contributed by atoms with E-state index in [4.69, 9.17) is 25.6 Å². The molecule has 0 spiro atoms. The van der Waals surface area contributed by atoms with Gasteiger partial charge in [0.1, 0.15) is 12.4 Å². The summed E-state index contributed by atoms with van der Waals surface area (Å²) in [5.74, 6) is 0.770. The Bertz CT molecular complexity index is 685. The average Bonchev–Trinajstić information content (AvgIpc) is 3.23. The van der Waals surface area contributed by atoms with Crippen LogP contribution in [0.5, 0.6) is 5.75 Å². The highest BCUT2D eigenvalue weighted by molar-refractivity contribution is 6.30. The van der Waals surface area contributed by atoms with E-state index < -0.39 is 0 Å². The molecule has 8 heteroatoms. The van der Waals surface area contributed by atoms with Gasteiger partial charge in [-0.05, 0) is 6.42 Å². The van der Waals surface area contributed by atoms with E-state index in [9.17, 15) is 4.79 Å². The molecule has 0 aliphatic carbocycles. The van der Waals surface area contributed by atoms with E-state index >= 15 is 0 Å². The number of carbonyl (C=O) groups excluding carboxylic acids is 1. The second-order valence-corrected chi connectivity index (χ2v) is 5.68. The van der Waals surface area contributed by atoms with Crippen LogP contribution >= 0.6 is 11.6 Å². The van der Waals surface area contributed by atoms with E-state index in [1.54, 1.807) is 30.3 Å². The van der Waals surface area contributed by atoms with Gasteiger partial charge in [-0.25, -0.2) is 0 Å². The molecule has 1 atom stereocenters. The molecule has 0 bridgehead atoms. The van der Waals surface area contributed by atoms with Crippen molar-refractivity contribution < 1.29 is 18.8 Å². The lowest BCUT2D eigenvalue weighted by atomic mass is 10.2. The Morgan fingerprint density at radius 1 is 1.48 bits per heavy atom. The number of rotatable bonds is 5. The molecule has 3 heterocycles. The minimum Gasteiger partial charge on any atom is -0.484 e. The van der Waals surface area contributed by atoms with Crippen LogP contribution in [-0.2, 0) is 11.3 Å². The maximum Gasteiger partial charge on any atom is 0.276 e. The van der Waals surface area contributed by atoms with Gasteiger partial charge in [0, 0.05) is 32.0 Å². The van der Waals surface area contributed by atoms with Gasteiger partial charge in [0.05, 0.1) is 23.9 Å². The fourth-order valence-corrected chi connectivity index (χ4v) is 2.45. The Labute approximate surface area is 138 Å². The first kappa shape index (κ1) is 15.8. The first-order valence-corrected chi connectivity index (χ1v) is 7.55. The summed E-state index contributed by atoms with van der Waals surface area (Å²) in [6.45, 7) is 1.37. The zero-order valence-corrected chi connectivity index (χ0v) is 13.3. The van der Waals surface area contributed by atoms with Crippen LogP contribution in [0.15, 0.2) is 29.0 Å². The third-order valence-electron chi connectivity index (χ3n) is 3.61. The lowest BCUT2D eigenvalue weighted by Gasteiger charge is -2.21. The van der Waals surface area contributed by atoms with Crippen LogP contribution < -0.4 is 4.74 Å². The Balaban J connectivity index is 1.60. The Hall–Kier alpha value is -2.12. The van der Waals surface area contributed by atoms with Gasteiger partial charge in [-0.2, -0.15) is 0 Å². The molecule has 0 saturated carbocycles. The lowest BCUT2D eigenvalue weighted by Crippen LogP contribution is -2.37. The summed E-state index contributed by atoms with van der Waals surface area (Å²) in [6.07, 6.45) is 3.89. The fourth-order valence-electron chi connectivity index (χ4n) is 2.28. The number of hydrogen-bond acceptors (Lipinski definition) is 6. The van der Waals surface area contributed by atoms with Gasteiger partial charge in [-0.3, -0.25) is 9.78 Å². The molecule has 2 aromatic heterocycles. The first-order chi connectivity index (χ1) is 11.1. The molecule has 0 aromatic carbocycles. The summed E-state index contributed by atoms with van der Waals surface area (Å²) in [5.41, 5.74) is 0.252. The number of nitrogens with zero attached hydrogens (tertiary/aromatic N) is 3. The van der Waals surface area contributed by atoms with Crippen molar-refractivity contribution in [1.29, 1.82) is 0 Å². The summed E-state index contributed by atoms with van der Waals surface area (Å²) < 4.78 is 15.9. The predicted octanol–water partition coefficient (Wildman–Crippen LogP) is 2.16. The Morgan fingerprint density at radius 3 is 3.09 bits per heavy atom. The van der Waals surface area contributed by atoms with Gasteiger partial charge < -0.3 is 18.9 Å². The molecule has 2 aromatic rings. The molecule has 7 nitrogen and oxygen atoms in total. The van der Waals surface area contributed by atoms with Crippen molar-refractivity contribution in [1.82, 2.24) is 15.0 Å². The number of halogens is 1. The number of amides is 1. The SMILES string of the molecule is CN(C(=O)c1cc(COc2cncc(Cl)c2)on1)[C@H]1CCOC1. The van der Waals surface area contributed by atoms with Gasteiger partial charge in [-0.1, -0.05) is 16.8 Å². The van der Waals surface area contributed by atoms with E-state index in [0.717, 1.165) is 6.42 Å². The number of ether oxygens (including phenoxy) is 2. The minimum absolute atomic E-state index is 0.0800. The Morgan fingerprint density at radius 2 is 2.35 bits per heavy atom. The maximum atomic E-state index is 12.3. The molecule has 1 aliphatic heterocycles. The number of hydrogen-bond donors (Lipinski definition) is 0. The van der Waals surface area contributed by atoms with Crippen LogP contribution in [0.2, 0.25) is 5.02 Å². The molecule has 1 saturated heterocycles. The van der Waals surface area contributed by atoms with Crippen molar-refractivity contribution in [2.75, 3.05) is 20.3 Å². The maximum absolute atomic E-state index is 12.3. The summed E-state index contributed by atoms with van der Waals surface area (Å²) in [4.78, 5) is 17.9. The van der Waals surface area contributed by atoms with Crippen molar-refractivity contribution in [2.24, 2.45) is 0 Å². The number of pyridine rings is 1. The molecular weight excluding hydrogens is 322 g/mol. The third kappa shape index (κ3) is 3.80. The van der Waals surface area contributed by atoms with E-state index in [-0.39, 0.29) is 24.2 Å². The summed E-state index contributed by atoms with van der Waals surface area (Å²) in [5, 5.41) is 4.29. The van der Waals surface area contributed by atoms with Crippen LogP contribution in [0.1, 0.15) is 22.7 Å². The van der Waals surface area contributed by atoms with Crippen LogP contribution in [0.4, 0.5) is 0 Å². The summed E-state index contributed by atoms with van der Waals surface area (Å²) in [6, 6.07) is 3.30.